The topological polar surface area (TPSA) is 42.0 Å². The normalized spacial score (nSPS) is 10.4. The van der Waals surface area contributed by atoms with Gasteiger partial charge in [0, 0.05) is 24.5 Å². The lowest BCUT2D eigenvalue weighted by atomic mass is 10.1. The average Bonchev–Trinajstić information content (AvgIpc) is 2.53. The van der Waals surface area contributed by atoms with Crippen molar-refractivity contribution in [2.75, 3.05) is 0 Å². The first-order valence-electron chi connectivity index (χ1n) is 6.49. The van der Waals surface area contributed by atoms with Crippen molar-refractivity contribution in [2.24, 2.45) is 0 Å². The first-order valence-corrected chi connectivity index (χ1v) is 6.49. The second-order valence-electron chi connectivity index (χ2n) is 4.60. The van der Waals surface area contributed by atoms with E-state index in [9.17, 15) is 4.79 Å². The molecule has 0 unspecified atom stereocenters. The summed E-state index contributed by atoms with van der Waals surface area (Å²) in [7, 11) is 0. The number of benzene rings is 2. The van der Waals surface area contributed by atoms with Gasteiger partial charge in [-0.1, -0.05) is 30.3 Å². The standard InChI is InChI=1S/C17H14N2O/c20-17(19-12-13-7-9-18-10-8-13)16-6-5-14-3-1-2-4-15(14)11-16/h1-11H,12H2,(H,19,20). The first kappa shape index (κ1) is 12.4. The van der Waals surface area contributed by atoms with Crippen molar-refractivity contribution >= 4 is 16.7 Å². The van der Waals surface area contributed by atoms with Crippen LogP contribution in [0, 0.1) is 0 Å². The van der Waals surface area contributed by atoms with Crippen molar-refractivity contribution in [1.29, 1.82) is 0 Å². The van der Waals surface area contributed by atoms with E-state index in [1.807, 2.05) is 54.6 Å². The van der Waals surface area contributed by atoms with Crippen LogP contribution in [0.3, 0.4) is 0 Å². The number of carbonyl (C=O) groups is 1. The lowest BCUT2D eigenvalue weighted by molar-refractivity contribution is 0.0951. The highest BCUT2D eigenvalue weighted by Crippen LogP contribution is 2.15. The highest BCUT2D eigenvalue weighted by Gasteiger charge is 2.05. The number of amides is 1. The third kappa shape index (κ3) is 2.67. The van der Waals surface area contributed by atoms with Gasteiger partial charge < -0.3 is 5.32 Å². The zero-order valence-corrected chi connectivity index (χ0v) is 10.9. The summed E-state index contributed by atoms with van der Waals surface area (Å²) in [6.45, 7) is 0.508. The van der Waals surface area contributed by atoms with Crippen LogP contribution in [0.25, 0.3) is 10.8 Å². The van der Waals surface area contributed by atoms with E-state index in [1.54, 1.807) is 12.4 Å². The van der Waals surface area contributed by atoms with Crippen LogP contribution in [-0.4, -0.2) is 10.9 Å². The number of rotatable bonds is 3. The number of hydrogen-bond donors (Lipinski definition) is 1. The van der Waals surface area contributed by atoms with Gasteiger partial charge in [-0.3, -0.25) is 9.78 Å². The maximum Gasteiger partial charge on any atom is 0.251 e. The van der Waals surface area contributed by atoms with Crippen molar-refractivity contribution in [2.45, 2.75) is 6.54 Å². The third-order valence-corrected chi connectivity index (χ3v) is 3.21. The minimum atomic E-state index is -0.0624. The van der Waals surface area contributed by atoms with Crippen LogP contribution in [0.15, 0.2) is 67.0 Å². The fourth-order valence-corrected chi connectivity index (χ4v) is 2.12. The molecule has 3 heteroatoms. The number of carbonyl (C=O) groups excluding carboxylic acids is 1. The summed E-state index contributed by atoms with van der Waals surface area (Å²) in [6, 6.07) is 17.5. The monoisotopic (exact) mass is 262 g/mol. The molecule has 0 spiro atoms. The molecule has 1 aromatic heterocycles. The Morgan fingerprint density at radius 2 is 1.70 bits per heavy atom. The molecular weight excluding hydrogens is 248 g/mol. The molecule has 0 saturated carbocycles. The largest absolute Gasteiger partial charge is 0.348 e. The quantitative estimate of drug-likeness (QED) is 0.787. The lowest BCUT2D eigenvalue weighted by Gasteiger charge is -2.06. The second kappa shape index (κ2) is 5.53. The summed E-state index contributed by atoms with van der Waals surface area (Å²) < 4.78 is 0. The van der Waals surface area contributed by atoms with Gasteiger partial charge in [-0.15, -0.1) is 0 Å². The summed E-state index contributed by atoms with van der Waals surface area (Å²) in [5, 5.41) is 5.12. The smallest absolute Gasteiger partial charge is 0.251 e. The molecule has 98 valence electrons. The molecule has 0 saturated heterocycles. The Hall–Kier alpha value is -2.68. The van der Waals surface area contributed by atoms with Gasteiger partial charge in [0.2, 0.25) is 0 Å². The van der Waals surface area contributed by atoms with Gasteiger partial charge in [-0.25, -0.2) is 0 Å². The van der Waals surface area contributed by atoms with E-state index in [1.165, 1.54) is 0 Å². The van der Waals surface area contributed by atoms with Crippen molar-refractivity contribution in [1.82, 2.24) is 10.3 Å². The Morgan fingerprint density at radius 1 is 0.950 bits per heavy atom. The maximum atomic E-state index is 12.1. The molecule has 1 heterocycles. The Labute approximate surface area is 117 Å². The predicted octanol–water partition coefficient (Wildman–Crippen LogP) is 3.16. The molecule has 20 heavy (non-hydrogen) atoms. The molecule has 0 aliphatic carbocycles. The minimum Gasteiger partial charge on any atom is -0.348 e. The maximum absolute atomic E-state index is 12.1. The summed E-state index contributed by atoms with van der Waals surface area (Å²) in [5.74, 6) is -0.0624. The van der Waals surface area contributed by atoms with E-state index in [0.29, 0.717) is 12.1 Å². The summed E-state index contributed by atoms with van der Waals surface area (Å²) >= 11 is 0. The fourth-order valence-electron chi connectivity index (χ4n) is 2.12. The van der Waals surface area contributed by atoms with Crippen LogP contribution in [0.5, 0.6) is 0 Å². The molecule has 2 aromatic carbocycles. The van der Waals surface area contributed by atoms with Gasteiger partial charge in [0.25, 0.3) is 5.91 Å². The Balaban J connectivity index is 1.75. The van der Waals surface area contributed by atoms with Gasteiger partial charge in [0.05, 0.1) is 0 Å². The molecule has 1 amide bonds. The van der Waals surface area contributed by atoms with E-state index in [4.69, 9.17) is 0 Å². The van der Waals surface area contributed by atoms with Gasteiger partial charge in [-0.05, 0) is 40.6 Å². The Kier molecular flexibility index (Phi) is 3.42. The van der Waals surface area contributed by atoms with Crippen molar-refractivity contribution in [3.05, 3.63) is 78.1 Å². The number of aromatic nitrogens is 1. The highest BCUT2D eigenvalue weighted by molar-refractivity contribution is 5.98. The van der Waals surface area contributed by atoms with Crippen LogP contribution in [0.1, 0.15) is 15.9 Å². The fraction of sp³-hybridized carbons (Fsp3) is 0.0588. The molecule has 3 nitrogen and oxygen atoms in total. The van der Waals surface area contributed by atoms with Gasteiger partial charge in [0.1, 0.15) is 0 Å². The molecular formula is C17H14N2O. The van der Waals surface area contributed by atoms with Crippen LogP contribution >= 0.6 is 0 Å². The Morgan fingerprint density at radius 3 is 2.50 bits per heavy atom. The van der Waals surface area contributed by atoms with E-state index in [-0.39, 0.29) is 5.91 Å². The van der Waals surface area contributed by atoms with E-state index >= 15 is 0 Å². The van der Waals surface area contributed by atoms with Gasteiger partial charge in [0.15, 0.2) is 0 Å². The van der Waals surface area contributed by atoms with Crippen LogP contribution in [-0.2, 0) is 6.54 Å². The molecule has 0 fully saturated rings. The molecule has 1 N–H and O–H groups in total. The molecule has 0 atom stereocenters. The average molecular weight is 262 g/mol. The number of nitrogens with one attached hydrogen (secondary N) is 1. The van der Waals surface area contributed by atoms with Crippen molar-refractivity contribution in [3.63, 3.8) is 0 Å². The zero-order chi connectivity index (χ0) is 13.8. The Bertz CT molecular complexity index is 738. The van der Waals surface area contributed by atoms with E-state index in [0.717, 1.165) is 16.3 Å². The minimum absolute atomic E-state index is 0.0624. The predicted molar refractivity (Wildman–Crippen MR) is 79.4 cm³/mol. The third-order valence-electron chi connectivity index (χ3n) is 3.21. The number of fused-ring (bicyclic) bond motifs is 1. The summed E-state index contributed by atoms with van der Waals surface area (Å²) in [5.41, 5.74) is 1.71. The number of nitrogens with zero attached hydrogens (tertiary/aromatic N) is 1. The van der Waals surface area contributed by atoms with Crippen LogP contribution < -0.4 is 5.32 Å². The molecule has 3 aromatic rings. The van der Waals surface area contributed by atoms with Crippen molar-refractivity contribution < 1.29 is 4.79 Å². The first-order chi connectivity index (χ1) is 9.83. The van der Waals surface area contributed by atoms with E-state index in [2.05, 4.69) is 10.3 Å². The molecule has 0 aliphatic rings. The second-order valence-corrected chi connectivity index (χ2v) is 4.60. The van der Waals surface area contributed by atoms with Crippen molar-refractivity contribution in [3.8, 4) is 0 Å². The molecule has 0 radical (unpaired) electrons. The number of pyridine rings is 1. The van der Waals surface area contributed by atoms with Gasteiger partial charge >= 0.3 is 0 Å². The van der Waals surface area contributed by atoms with E-state index < -0.39 is 0 Å². The molecule has 0 aliphatic heterocycles. The lowest BCUT2D eigenvalue weighted by Crippen LogP contribution is -2.22. The molecule has 3 rings (SSSR count). The summed E-state index contributed by atoms with van der Waals surface area (Å²) in [4.78, 5) is 16.1. The molecule has 0 bridgehead atoms. The number of hydrogen-bond acceptors (Lipinski definition) is 2. The zero-order valence-electron chi connectivity index (χ0n) is 10.9. The SMILES string of the molecule is O=C(NCc1ccncc1)c1ccc2ccccc2c1. The van der Waals surface area contributed by atoms with Gasteiger partial charge in [-0.2, -0.15) is 0 Å². The highest BCUT2D eigenvalue weighted by atomic mass is 16.1. The summed E-state index contributed by atoms with van der Waals surface area (Å²) in [6.07, 6.45) is 3.44. The van der Waals surface area contributed by atoms with Crippen LogP contribution in [0.2, 0.25) is 0 Å². The van der Waals surface area contributed by atoms with Crippen LogP contribution in [0.4, 0.5) is 0 Å².